The van der Waals surface area contributed by atoms with Crippen molar-refractivity contribution in [3.05, 3.63) is 56.5 Å². The lowest BCUT2D eigenvalue weighted by Gasteiger charge is -2.04. The fourth-order valence-corrected chi connectivity index (χ4v) is 1.88. The minimum absolute atomic E-state index is 0.0768. The lowest BCUT2D eigenvalue weighted by molar-refractivity contribution is 1.16. The Labute approximate surface area is 126 Å². The molecule has 0 saturated heterocycles. The smallest absolute Gasteiger partial charge is 0.226 e. The van der Waals surface area contributed by atoms with Crippen LogP contribution in [-0.2, 0) is 12.8 Å². The van der Waals surface area contributed by atoms with Crippen LogP contribution < -0.4 is 10.4 Å². The van der Waals surface area contributed by atoms with E-state index in [1.54, 1.807) is 12.1 Å². The normalized spacial score (nSPS) is 11.4. The monoisotopic (exact) mass is 282 g/mol. The van der Waals surface area contributed by atoms with Crippen LogP contribution in [0.2, 0.25) is 0 Å². The Bertz CT molecular complexity index is 873. The van der Waals surface area contributed by atoms with E-state index in [0.29, 0.717) is 11.1 Å². The van der Waals surface area contributed by atoms with Crippen molar-refractivity contribution in [2.45, 2.75) is 12.8 Å². The highest BCUT2D eigenvalue weighted by atomic mass is 14.7. The van der Waals surface area contributed by atoms with E-state index in [4.69, 9.17) is 34.2 Å². The molecular formula is C16H6N6. The molecule has 0 aromatic heterocycles. The number of hydrogen-bond acceptors (Lipinski definition) is 4. The van der Waals surface area contributed by atoms with Gasteiger partial charge in [-0.25, -0.2) is 20.2 Å². The molecule has 6 heteroatoms. The molecule has 0 aliphatic carbocycles. The summed E-state index contributed by atoms with van der Waals surface area (Å²) in [6, 6.07) is 10.2. The van der Waals surface area contributed by atoms with Gasteiger partial charge in [0.15, 0.2) is 0 Å². The van der Waals surface area contributed by atoms with Gasteiger partial charge in [-0.1, -0.05) is 12.1 Å². The van der Waals surface area contributed by atoms with Crippen LogP contribution in [0, 0.1) is 58.5 Å². The molecule has 0 aliphatic heterocycles. The fourth-order valence-electron chi connectivity index (χ4n) is 1.88. The van der Waals surface area contributed by atoms with Crippen LogP contribution in [0.15, 0.2) is 12.1 Å². The largest absolute Gasteiger partial charge is 0.269 e. The maximum atomic E-state index is 9.01. The van der Waals surface area contributed by atoms with Crippen molar-refractivity contribution >= 4 is 11.4 Å². The van der Waals surface area contributed by atoms with Crippen LogP contribution in [-0.4, -0.2) is 0 Å². The van der Waals surface area contributed by atoms with Gasteiger partial charge in [-0.15, -0.1) is 0 Å². The molecule has 22 heavy (non-hydrogen) atoms. The highest BCUT2D eigenvalue weighted by Gasteiger charge is 2.09. The molecule has 0 aliphatic rings. The van der Waals surface area contributed by atoms with Gasteiger partial charge in [-0.2, -0.15) is 10.5 Å². The summed E-state index contributed by atoms with van der Waals surface area (Å²) in [5.41, 5.74) is 0.362. The Morgan fingerprint density at radius 2 is 1.18 bits per heavy atom. The van der Waals surface area contributed by atoms with E-state index in [-0.39, 0.29) is 34.7 Å². The first-order chi connectivity index (χ1) is 10.7. The Hall–Kier alpha value is -4.10. The second kappa shape index (κ2) is 7.48. The SMILES string of the molecule is [C-]#[N+]C(C#N)=c1cc(CC#N)c(=C(C#N)[N+]#[C-])cc1CC#N. The number of benzene rings is 1. The maximum Gasteiger partial charge on any atom is 0.269 e. The van der Waals surface area contributed by atoms with E-state index in [1.165, 1.54) is 12.1 Å². The molecule has 0 heterocycles. The van der Waals surface area contributed by atoms with Crippen molar-refractivity contribution in [1.82, 2.24) is 0 Å². The van der Waals surface area contributed by atoms with E-state index < -0.39 is 0 Å². The maximum absolute atomic E-state index is 9.01. The summed E-state index contributed by atoms with van der Waals surface area (Å²) in [6.45, 7) is 14.0. The third-order valence-corrected chi connectivity index (χ3v) is 2.81. The summed E-state index contributed by atoms with van der Waals surface area (Å²) < 4.78 is 0. The Morgan fingerprint density at radius 1 is 0.818 bits per heavy atom. The summed E-state index contributed by atoms with van der Waals surface area (Å²) in [5, 5.41) is 36.3. The molecular weight excluding hydrogens is 276 g/mol. The quantitative estimate of drug-likeness (QED) is 0.752. The summed E-state index contributed by atoms with van der Waals surface area (Å²) in [6.07, 6.45) is -0.154. The summed E-state index contributed by atoms with van der Waals surface area (Å²) in [7, 11) is 0. The van der Waals surface area contributed by atoms with Crippen LogP contribution in [0.5, 0.6) is 0 Å². The molecule has 1 aromatic rings. The molecule has 0 radical (unpaired) electrons. The van der Waals surface area contributed by atoms with E-state index in [1.807, 2.05) is 12.1 Å². The van der Waals surface area contributed by atoms with E-state index >= 15 is 0 Å². The van der Waals surface area contributed by atoms with Crippen LogP contribution in [0.4, 0.5) is 0 Å². The van der Waals surface area contributed by atoms with Gasteiger partial charge in [0.1, 0.15) is 0 Å². The first-order valence-electron chi connectivity index (χ1n) is 5.86. The molecule has 0 bridgehead atoms. The summed E-state index contributed by atoms with van der Waals surface area (Å²) in [5.74, 6) is 0. The lowest BCUT2D eigenvalue weighted by Crippen LogP contribution is -2.22. The van der Waals surface area contributed by atoms with Crippen molar-refractivity contribution in [3.8, 4) is 24.3 Å². The van der Waals surface area contributed by atoms with Crippen molar-refractivity contribution in [1.29, 1.82) is 21.0 Å². The average molecular weight is 282 g/mol. The summed E-state index contributed by atoms with van der Waals surface area (Å²) in [4.78, 5) is 6.23. The predicted molar refractivity (Wildman–Crippen MR) is 75.6 cm³/mol. The molecule has 0 amide bonds. The van der Waals surface area contributed by atoms with Gasteiger partial charge in [0.25, 0.3) is 11.4 Å². The van der Waals surface area contributed by atoms with Gasteiger partial charge in [0, 0.05) is 0 Å². The zero-order valence-corrected chi connectivity index (χ0v) is 11.3. The highest BCUT2D eigenvalue weighted by molar-refractivity contribution is 5.70. The molecule has 6 nitrogen and oxygen atoms in total. The first-order valence-corrected chi connectivity index (χ1v) is 5.86. The average Bonchev–Trinajstić information content (AvgIpc) is 2.53. The van der Waals surface area contributed by atoms with Crippen LogP contribution in [0.3, 0.4) is 0 Å². The third-order valence-electron chi connectivity index (χ3n) is 2.81. The second-order valence-electron chi connectivity index (χ2n) is 3.98. The van der Waals surface area contributed by atoms with Gasteiger partial charge in [0.2, 0.25) is 0 Å². The molecule has 1 aromatic carbocycles. The zero-order chi connectivity index (χ0) is 16.5. The van der Waals surface area contributed by atoms with Gasteiger partial charge in [-0.05, 0) is 21.6 Å². The Morgan fingerprint density at radius 3 is 1.41 bits per heavy atom. The molecule has 0 spiro atoms. The topological polar surface area (TPSA) is 104 Å². The highest BCUT2D eigenvalue weighted by Crippen LogP contribution is 2.03. The molecule has 0 atom stereocenters. The van der Waals surface area contributed by atoms with Crippen molar-refractivity contribution in [2.24, 2.45) is 0 Å². The Kier molecular flexibility index (Phi) is 5.42. The molecule has 0 unspecified atom stereocenters. The second-order valence-corrected chi connectivity index (χ2v) is 3.98. The van der Waals surface area contributed by atoms with Gasteiger partial charge in [0.05, 0.1) is 50.3 Å². The molecule has 1 rings (SSSR count). The molecule has 0 saturated carbocycles. The van der Waals surface area contributed by atoms with Crippen molar-refractivity contribution in [3.63, 3.8) is 0 Å². The van der Waals surface area contributed by atoms with Gasteiger partial charge < -0.3 is 0 Å². The first kappa shape index (κ1) is 16.0. The van der Waals surface area contributed by atoms with Crippen molar-refractivity contribution < 1.29 is 0 Å². The number of nitriles is 4. The van der Waals surface area contributed by atoms with Crippen LogP contribution in [0.25, 0.3) is 21.1 Å². The number of rotatable bonds is 2. The minimum Gasteiger partial charge on any atom is -0.226 e. The third kappa shape index (κ3) is 3.07. The zero-order valence-electron chi connectivity index (χ0n) is 11.3. The summed E-state index contributed by atoms with van der Waals surface area (Å²) >= 11 is 0. The van der Waals surface area contributed by atoms with E-state index in [0.717, 1.165) is 0 Å². The number of hydrogen-bond donors (Lipinski definition) is 0. The van der Waals surface area contributed by atoms with Crippen molar-refractivity contribution in [2.75, 3.05) is 0 Å². The molecule has 0 N–H and O–H groups in total. The fraction of sp³-hybridized carbons (Fsp3) is 0.125. The lowest BCUT2D eigenvalue weighted by atomic mass is 9.99. The van der Waals surface area contributed by atoms with E-state index in [2.05, 4.69) is 9.69 Å². The molecule has 0 fully saturated rings. The number of nitrogens with zero attached hydrogens (tertiary/aromatic N) is 6. The minimum atomic E-state index is -0.197. The standard InChI is InChI=1S/C16H6N6/c1-21-15(9-19)13-7-12(4-6-18)14(16(10-20)22-2)8-11(13)3-5-17/h7-8H,3-4H2. The van der Waals surface area contributed by atoms with Gasteiger partial charge in [-0.3, -0.25) is 0 Å². The molecule has 100 valence electrons. The Balaban J connectivity index is 4.13. The van der Waals surface area contributed by atoms with Gasteiger partial charge >= 0.3 is 0 Å². The van der Waals surface area contributed by atoms with Crippen LogP contribution >= 0.6 is 0 Å². The van der Waals surface area contributed by atoms with Crippen LogP contribution in [0.1, 0.15) is 11.1 Å². The van der Waals surface area contributed by atoms with E-state index in [9.17, 15) is 0 Å². The predicted octanol–water partition coefficient (Wildman–Crippen LogP) is 0.921.